The summed E-state index contributed by atoms with van der Waals surface area (Å²) in [5.41, 5.74) is 1.22. The third-order valence-electron chi connectivity index (χ3n) is 5.50. The zero-order valence-corrected chi connectivity index (χ0v) is 15.2. The fourth-order valence-corrected chi connectivity index (χ4v) is 3.83. The van der Waals surface area contributed by atoms with E-state index in [4.69, 9.17) is 9.84 Å². The van der Waals surface area contributed by atoms with Crippen molar-refractivity contribution in [1.82, 2.24) is 10.2 Å². The van der Waals surface area contributed by atoms with Gasteiger partial charge in [-0.1, -0.05) is 36.8 Å². The number of hydrogen-bond donors (Lipinski definition) is 2. The van der Waals surface area contributed by atoms with Crippen LogP contribution in [-0.4, -0.2) is 54.4 Å². The summed E-state index contributed by atoms with van der Waals surface area (Å²) < 4.78 is 5.71. The van der Waals surface area contributed by atoms with Gasteiger partial charge in [0.2, 0.25) is 0 Å². The SMILES string of the molecule is O=C(O)CCC(Cc1ccccc1)NC(=O)N1CCOCC2(CCC2)C1. The van der Waals surface area contributed by atoms with E-state index in [0.717, 1.165) is 31.6 Å². The molecule has 1 saturated carbocycles. The summed E-state index contributed by atoms with van der Waals surface area (Å²) in [6.45, 7) is 2.62. The van der Waals surface area contributed by atoms with E-state index in [2.05, 4.69) is 5.32 Å². The van der Waals surface area contributed by atoms with Gasteiger partial charge in [-0.05, 0) is 31.2 Å². The Kier molecular flexibility index (Phi) is 6.14. The van der Waals surface area contributed by atoms with Crippen LogP contribution in [0.15, 0.2) is 30.3 Å². The first-order valence-electron chi connectivity index (χ1n) is 9.45. The summed E-state index contributed by atoms with van der Waals surface area (Å²) in [6.07, 6.45) is 4.53. The number of nitrogens with one attached hydrogen (secondary N) is 1. The number of amides is 2. The number of urea groups is 1. The molecule has 1 aliphatic heterocycles. The van der Waals surface area contributed by atoms with Crippen molar-refractivity contribution in [2.75, 3.05) is 26.3 Å². The number of ether oxygens (including phenoxy) is 1. The Morgan fingerprint density at radius 2 is 2.04 bits per heavy atom. The van der Waals surface area contributed by atoms with E-state index < -0.39 is 5.97 Å². The van der Waals surface area contributed by atoms with Gasteiger partial charge in [0.15, 0.2) is 0 Å². The maximum atomic E-state index is 12.8. The fourth-order valence-electron chi connectivity index (χ4n) is 3.83. The number of hydrogen-bond acceptors (Lipinski definition) is 3. The maximum Gasteiger partial charge on any atom is 0.317 e. The van der Waals surface area contributed by atoms with E-state index >= 15 is 0 Å². The van der Waals surface area contributed by atoms with Gasteiger partial charge in [-0.25, -0.2) is 4.79 Å². The van der Waals surface area contributed by atoms with Crippen LogP contribution in [0.1, 0.15) is 37.7 Å². The summed E-state index contributed by atoms with van der Waals surface area (Å²) in [6, 6.07) is 9.57. The molecule has 0 radical (unpaired) electrons. The Morgan fingerprint density at radius 1 is 1.27 bits per heavy atom. The number of carboxylic acids is 1. The van der Waals surface area contributed by atoms with Gasteiger partial charge in [0.25, 0.3) is 0 Å². The highest BCUT2D eigenvalue weighted by atomic mass is 16.5. The van der Waals surface area contributed by atoms with Gasteiger partial charge in [-0.3, -0.25) is 4.79 Å². The molecule has 1 aromatic carbocycles. The predicted octanol–water partition coefficient (Wildman–Crippen LogP) is 2.67. The molecule has 1 heterocycles. The zero-order valence-electron chi connectivity index (χ0n) is 15.2. The number of carbonyl (C=O) groups is 2. The molecule has 1 atom stereocenters. The van der Waals surface area contributed by atoms with Crippen molar-refractivity contribution in [1.29, 1.82) is 0 Å². The molecule has 1 spiro atoms. The summed E-state index contributed by atoms with van der Waals surface area (Å²) >= 11 is 0. The van der Waals surface area contributed by atoms with Crippen LogP contribution in [0.4, 0.5) is 4.79 Å². The first-order valence-corrected chi connectivity index (χ1v) is 9.45. The van der Waals surface area contributed by atoms with Crippen molar-refractivity contribution in [3.05, 3.63) is 35.9 Å². The van der Waals surface area contributed by atoms with Gasteiger partial charge in [0.1, 0.15) is 0 Å². The quantitative estimate of drug-likeness (QED) is 0.817. The van der Waals surface area contributed by atoms with Crippen molar-refractivity contribution in [3.8, 4) is 0 Å². The van der Waals surface area contributed by atoms with Crippen LogP contribution < -0.4 is 5.32 Å². The predicted molar refractivity (Wildman–Crippen MR) is 98.0 cm³/mol. The molecule has 1 aromatic rings. The van der Waals surface area contributed by atoms with Crippen LogP contribution in [0.5, 0.6) is 0 Å². The number of carboxylic acid groups (broad SMARTS) is 1. The maximum absolute atomic E-state index is 12.8. The number of nitrogens with zero attached hydrogens (tertiary/aromatic N) is 1. The van der Waals surface area contributed by atoms with Crippen LogP contribution in [0.25, 0.3) is 0 Å². The lowest BCUT2D eigenvalue weighted by atomic mass is 9.69. The zero-order chi connectivity index (χ0) is 18.4. The van der Waals surface area contributed by atoms with E-state index in [0.29, 0.717) is 26.0 Å². The molecular weight excluding hydrogens is 332 g/mol. The third-order valence-corrected chi connectivity index (χ3v) is 5.50. The third kappa shape index (κ3) is 4.97. The topological polar surface area (TPSA) is 78.9 Å². The van der Waals surface area contributed by atoms with Crippen LogP contribution in [0.3, 0.4) is 0 Å². The second-order valence-corrected chi connectivity index (χ2v) is 7.60. The summed E-state index contributed by atoms with van der Waals surface area (Å²) in [5.74, 6) is -0.839. The molecule has 3 rings (SSSR count). The van der Waals surface area contributed by atoms with Crippen LogP contribution in [0, 0.1) is 5.41 Å². The minimum atomic E-state index is -0.839. The summed E-state index contributed by atoms with van der Waals surface area (Å²) in [5, 5.41) is 12.1. The van der Waals surface area contributed by atoms with E-state index in [9.17, 15) is 9.59 Å². The van der Waals surface area contributed by atoms with Gasteiger partial charge in [0.05, 0.1) is 13.2 Å². The van der Waals surface area contributed by atoms with E-state index in [1.165, 1.54) is 6.42 Å². The second kappa shape index (κ2) is 8.54. The first kappa shape index (κ1) is 18.7. The average Bonchev–Trinajstić information content (AvgIpc) is 2.84. The molecule has 26 heavy (non-hydrogen) atoms. The van der Waals surface area contributed by atoms with Gasteiger partial charge in [-0.2, -0.15) is 0 Å². The van der Waals surface area contributed by atoms with Gasteiger partial charge >= 0.3 is 12.0 Å². The number of rotatable bonds is 6. The molecule has 0 aromatic heterocycles. The molecule has 2 amide bonds. The van der Waals surface area contributed by atoms with E-state index in [1.54, 1.807) is 0 Å². The Hall–Kier alpha value is -2.08. The molecule has 6 nitrogen and oxygen atoms in total. The van der Waals surface area contributed by atoms with Gasteiger partial charge in [0, 0.05) is 31.0 Å². The monoisotopic (exact) mass is 360 g/mol. The van der Waals surface area contributed by atoms with E-state index in [1.807, 2.05) is 35.2 Å². The van der Waals surface area contributed by atoms with Crippen molar-refractivity contribution >= 4 is 12.0 Å². The molecule has 1 saturated heterocycles. The van der Waals surface area contributed by atoms with Crippen molar-refractivity contribution in [2.45, 2.75) is 44.6 Å². The average molecular weight is 360 g/mol. The largest absolute Gasteiger partial charge is 0.481 e. The number of aliphatic carboxylic acids is 1. The minimum Gasteiger partial charge on any atom is -0.481 e. The number of carbonyl (C=O) groups excluding carboxylic acids is 1. The normalized spacial score (nSPS) is 20.1. The smallest absolute Gasteiger partial charge is 0.317 e. The minimum absolute atomic E-state index is 0.0465. The molecule has 142 valence electrons. The summed E-state index contributed by atoms with van der Waals surface area (Å²) in [7, 11) is 0. The Morgan fingerprint density at radius 3 is 2.69 bits per heavy atom. The van der Waals surface area contributed by atoms with Crippen molar-refractivity contribution in [3.63, 3.8) is 0 Å². The second-order valence-electron chi connectivity index (χ2n) is 7.60. The molecular formula is C20H28N2O4. The lowest BCUT2D eigenvalue weighted by molar-refractivity contribution is -0.137. The Labute approximate surface area is 154 Å². The molecule has 1 aliphatic carbocycles. The Bertz CT molecular complexity index is 615. The molecule has 2 N–H and O–H groups in total. The number of benzene rings is 1. The molecule has 1 unspecified atom stereocenters. The Balaban J connectivity index is 1.62. The van der Waals surface area contributed by atoms with Gasteiger partial charge in [-0.15, -0.1) is 0 Å². The van der Waals surface area contributed by atoms with Crippen LogP contribution in [-0.2, 0) is 16.0 Å². The van der Waals surface area contributed by atoms with Crippen LogP contribution in [0.2, 0.25) is 0 Å². The lowest BCUT2D eigenvalue weighted by Gasteiger charge is -2.42. The molecule has 2 fully saturated rings. The molecule has 0 bridgehead atoms. The first-order chi connectivity index (χ1) is 12.6. The lowest BCUT2D eigenvalue weighted by Crippen LogP contribution is -2.51. The summed E-state index contributed by atoms with van der Waals surface area (Å²) in [4.78, 5) is 25.7. The highest BCUT2D eigenvalue weighted by Gasteiger charge is 2.41. The molecule has 6 heteroatoms. The molecule has 2 aliphatic rings. The van der Waals surface area contributed by atoms with Crippen LogP contribution >= 0.6 is 0 Å². The van der Waals surface area contributed by atoms with Crippen molar-refractivity contribution in [2.24, 2.45) is 5.41 Å². The highest BCUT2D eigenvalue weighted by molar-refractivity contribution is 5.75. The highest BCUT2D eigenvalue weighted by Crippen LogP contribution is 2.42. The standard InChI is InChI=1S/C20H28N2O4/c23-18(24)8-7-17(13-16-5-2-1-3-6-16)21-19(25)22-11-12-26-15-20(14-22)9-4-10-20/h1-3,5-6,17H,4,7-15H2,(H,21,25)(H,23,24). The van der Waals surface area contributed by atoms with Crippen molar-refractivity contribution < 1.29 is 19.4 Å². The fraction of sp³-hybridized carbons (Fsp3) is 0.600. The van der Waals surface area contributed by atoms with Gasteiger partial charge < -0.3 is 20.1 Å². The van der Waals surface area contributed by atoms with E-state index in [-0.39, 0.29) is 23.9 Å².